The van der Waals surface area contributed by atoms with E-state index in [4.69, 9.17) is 9.52 Å². The molecule has 0 aliphatic carbocycles. The predicted octanol–water partition coefficient (Wildman–Crippen LogP) is 3.59. The van der Waals surface area contributed by atoms with Crippen molar-refractivity contribution in [2.45, 2.75) is 33.4 Å². The van der Waals surface area contributed by atoms with E-state index in [9.17, 15) is 4.39 Å². The Labute approximate surface area is 112 Å². The number of benzene rings is 1. The molecule has 2 N–H and O–H groups in total. The third-order valence-electron chi connectivity index (χ3n) is 3.17. The molecule has 0 fully saturated rings. The van der Waals surface area contributed by atoms with Gasteiger partial charge >= 0.3 is 0 Å². The zero-order chi connectivity index (χ0) is 14.0. The summed E-state index contributed by atoms with van der Waals surface area (Å²) < 4.78 is 18.7. The van der Waals surface area contributed by atoms with Crippen molar-refractivity contribution in [2.24, 2.45) is 0 Å². The van der Waals surface area contributed by atoms with Crippen molar-refractivity contribution in [3.8, 4) is 5.75 Å². The molecule has 3 nitrogen and oxygen atoms in total. The number of hydrogen-bond acceptors (Lipinski definition) is 3. The summed E-state index contributed by atoms with van der Waals surface area (Å²) in [6, 6.07) is 6.53. The number of aromatic hydroxyl groups is 1. The number of halogens is 1. The third kappa shape index (κ3) is 3.15. The van der Waals surface area contributed by atoms with E-state index in [-0.39, 0.29) is 11.8 Å². The molecule has 102 valence electrons. The molecule has 0 aliphatic rings. The van der Waals surface area contributed by atoms with E-state index in [1.165, 1.54) is 12.1 Å². The molecule has 4 heteroatoms. The fraction of sp³-hybridized carbons (Fsp3) is 0.333. The molecule has 1 aromatic heterocycles. The number of rotatable bonds is 4. The Hall–Kier alpha value is -1.81. The highest BCUT2D eigenvalue weighted by molar-refractivity contribution is 5.28. The molecule has 0 saturated heterocycles. The molecule has 19 heavy (non-hydrogen) atoms. The standard InChI is InChI=1S/C15H18FNO2/c1-9-6-13(11(3)19-9)10(2)17-8-12-4-5-15(18)14(16)7-12/h4-7,10,17-18H,8H2,1-3H3. The van der Waals surface area contributed by atoms with Gasteiger partial charge in [0.05, 0.1) is 0 Å². The Bertz CT molecular complexity index is 578. The second-order valence-electron chi connectivity index (χ2n) is 4.76. The zero-order valence-electron chi connectivity index (χ0n) is 11.3. The summed E-state index contributed by atoms with van der Waals surface area (Å²) >= 11 is 0. The van der Waals surface area contributed by atoms with Gasteiger partial charge in [-0.15, -0.1) is 0 Å². The van der Waals surface area contributed by atoms with Crippen molar-refractivity contribution >= 4 is 0 Å². The maximum Gasteiger partial charge on any atom is 0.165 e. The van der Waals surface area contributed by atoms with Gasteiger partial charge in [-0.1, -0.05) is 6.07 Å². The first kappa shape index (κ1) is 13.6. The fourth-order valence-corrected chi connectivity index (χ4v) is 2.12. The van der Waals surface area contributed by atoms with Crippen molar-refractivity contribution < 1.29 is 13.9 Å². The summed E-state index contributed by atoms with van der Waals surface area (Å²) in [4.78, 5) is 0. The van der Waals surface area contributed by atoms with Crippen molar-refractivity contribution in [2.75, 3.05) is 0 Å². The molecule has 2 rings (SSSR count). The minimum absolute atomic E-state index is 0.120. The van der Waals surface area contributed by atoms with Gasteiger partial charge in [-0.2, -0.15) is 0 Å². The van der Waals surface area contributed by atoms with Crippen LogP contribution in [0.25, 0.3) is 0 Å². The number of furan rings is 1. The normalized spacial score (nSPS) is 12.6. The Morgan fingerprint density at radius 1 is 1.32 bits per heavy atom. The maximum atomic E-state index is 13.2. The van der Waals surface area contributed by atoms with Gasteiger partial charge in [0.2, 0.25) is 0 Å². The van der Waals surface area contributed by atoms with E-state index in [0.29, 0.717) is 6.54 Å². The van der Waals surface area contributed by atoms with Gasteiger partial charge in [-0.05, 0) is 44.5 Å². The van der Waals surface area contributed by atoms with Crippen LogP contribution in [0, 0.1) is 19.7 Å². The highest BCUT2D eigenvalue weighted by Crippen LogP contribution is 2.22. The van der Waals surface area contributed by atoms with E-state index in [1.807, 2.05) is 26.8 Å². The Morgan fingerprint density at radius 2 is 2.05 bits per heavy atom. The van der Waals surface area contributed by atoms with Crippen LogP contribution in [0.15, 0.2) is 28.7 Å². The SMILES string of the molecule is Cc1cc(C(C)NCc2ccc(O)c(F)c2)c(C)o1. The van der Waals surface area contributed by atoms with Crippen LogP contribution in [-0.4, -0.2) is 5.11 Å². The first-order valence-corrected chi connectivity index (χ1v) is 6.25. The Kier molecular flexibility index (Phi) is 3.90. The van der Waals surface area contributed by atoms with Gasteiger partial charge in [0.25, 0.3) is 0 Å². The van der Waals surface area contributed by atoms with Gasteiger partial charge < -0.3 is 14.8 Å². The summed E-state index contributed by atoms with van der Waals surface area (Å²) in [5.74, 6) is 0.867. The molecule has 0 aliphatic heterocycles. The van der Waals surface area contributed by atoms with E-state index in [1.54, 1.807) is 6.07 Å². The van der Waals surface area contributed by atoms with E-state index < -0.39 is 5.82 Å². The lowest BCUT2D eigenvalue weighted by Crippen LogP contribution is -2.18. The average Bonchev–Trinajstić information content (AvgIpc) is 2.70. The quantitative estimate of drug-likeness (QED) is 0.886. The van der Waals surface area contributed by atoms with E-state index in [0.717, 1.165) is 22.6 Å². The van der Waals surface area contributed by atoms with Crippen LogP contribution in [-0.2, 0) is 6.54 Å². The number of phenolic OH excluding ortho intramolecular Hbond substituents is 1. The van der Waals surface area contributed by atoms with Crippen LogP contribution < -0.4 is 5.32 Å². The number of nitrogens with one attached hydrogen (secondary N) is 1. The van der Waals surface area contributed by atoms with Crippen LogP contribution >= 0.6 is 0 Å². The van der Waals surface area contributed by atoms with Crippen molar-refractivity contribution in [3.63, 3.8) is 0 Å². The molecule has 0 saturated carbocycles. The van der Waals surface area contributed by atoms with Gasteiger partial charge in [-0.3, -0.25) is 0 Å². The molecule has 1 atom stereocenters. The lowest BCUT2D eigenvalue weighted by molar-refractivity contribution is 0.431. The fourth-order valence-electron chi connectivity index (χ4n) is 2.12. The molecule has 0 radical (unpaired) electrons. The second kappa shape index (κ2) is 5.45. The molecular formula is C15H18FNO2. The van der Waals surface area contributed by atoms with Crippen LogP contribution in [0.1, 0.15) is 35.6 Å². The average molecular weight is 263 g/mol. The maximum absolute atomic E-state index is 13.2. The topological polar surface area (TPSA) is 45.4 Å². The molecular weight excluding hydrogens is 245 g/mol. The highest BCUT2D eigenvalue weighted by atomic mass is 19.1. The van der Waals surface area contributed by atoms with Gasteiger partial charge in [0.15, 0.2) is 11.6 Å². The van der Waals surface area contributed by atoms with Crippen LogP contribution in [0.5, 0.6) is 5.75 Å². The molecule has 1 unspecified atom stereocenters. The largest absolute Gasteiger partial charge is 0.505 e. The lowest BCUT2D eigenvalue weighted by atomic mass is 10.1. The smallest absolute Gasteiger partial charge is 0.165 e. The minimum Gasteiger partial charge on any atom is -0.505 e. The Balaban J connectivity index is 2.02. The first-order valence-electron chi connectivity index (χ1n) is 6.25. The Morgan fingerprint density at radius 3 is 2.63 bits per heavy atom. The van der Waals surface area contributed by atoms with Crippen molar-refractivity contribution in [1.82, 2.24) is 5.32 Å². The van der Waals surface area contributed by atoms with Gasteiger partial charge in [-0.25, -0.2) is 4.39 Å². The molecule has 0 amide bonds. The van der Waals surface area contributed by atoms with Crippen LogP contribution in [0.3, 0.4) is 0 Å². The minimum atomic E-state index is -0.595. The summed E-state index contributed by atoms with van der Waals surface area (Å²) in [6.07, 6.45) is 0. The predicted molar refractivity (Wildman–Crippen MR) is 71.5 cm³/mol. The van der Waals surface area contributed by atoms with E-state index in [2.05, 4.69) is 5.32 Å². The first-order chi connectivity index (χ1) is 8.97. The second-order valence-corrected chi connectivity index (χ2v) is 4.76. The van der Waals surface area contributed by atoms with Gasteiger partial charge in [0, 0.05) is 18.2 Å². The molecule has 1 aromatic carbocycles. The molecule has 0 bridgehead atoms. The zero-order valence-corrected chi connectivity index (χ0v) is 11.3. The highest BCUT2D eigenvalue weighted by Gasteiger charge is 2.12. The summed E-state index contributed by atoms with van der Waals surface area (Å²) in [6.45, 7) is 6.41. The van der Waals surface area contributed by atoms with Crippen molar-refractivity contribution in [1.29, 1.82) is 0 Å². The molecule has 0 spiro atoms. The number of aryl methyl sites for hydroxylation is 2. The summed E-state index contributed by atoms with van der Waals surface area (Å²) in [5.41, 5.74) is 1.90. The lowest BCUT2D eigenvalue weighted by Gasteiger charge is -2.13. The summed E-state index contributed by atoms with van der Waals surface area (Å²) in [5, 5.41) is 12.4. The third-order valence-corrected chi connectivity index (χ3v) is 3.17. The van der Waals surface area contributed by atoms with Gasteiger partial charge in [0.1, 0.15) is 11.5 Å². The van der Waals surface area contributed by atoms with Crippen molar-refractivity contribution in [3.05, 3.63) is 52.7 Å². The monoisotopic (exact) mass is 263 g/mol. The summed E-state index contributed by atoms with van der Waals surface area (Å²) in [7, 11) is 0. The van der Waals surface area contributed by atoms with Crippen LogP contribution in [0.4, 0.5) is 4.39 Å². The molecule has 2 aromatic rings. The number of phenols is 1. The number of hydrogen-bond donors (Lipinski definition) is 2. The van der Waals surface area contributed by atoms with E-state index >= 15 is 0 Å². The van der Waals surface area contributed by atoms with Crippen LogP contribution in [0.2, 0.25) is 0 Å². The molecule has 1 heterocycles.